The number of alkyl halides is 1. The van der Waals surface area contributed by atoms with Gasteiger partial charge < -0.3 is 16.2 Å². The van der Waals surface area contributed by atoms with Crippen LogP contribution in [-0.4, -0.2) is 46.2 Å². The predicted octanol–water partition coefficient (Wildman–Crippen LogP) is 6.31. The van der Waals surface area contributed by atoms with Crippen LogP contribution in [0.2, 0.25) is 0 Å². The molecule has 2 aromatic rings. The summed E-state index contributed by atoms with van der Waals surface area (Å²) < 4.78 is 17.0. The van der Waals surface area contributed by atoms with E-state index in [9.17, 15) is 14.0 Å². The van der Waals surface area contributed by atoms with Crippen molar-refractivity contribution in [1.29, 1.82) is 0 Å². The summed E-state index contributed by atoms with van der Waals surface area (Å²) in [7, 11) is -1.00. The summed E-state index contributed by atoms with van der Waals surface area (Å²) in [5.74, 6) is -0.977. The number of carboxylic acid groups (broad SMARTS) is 1. The van der Waals surface area contributed by atoms with Gasteiger partial charge in [-0.3, -0.25) is 19.2 Å². The molecule has 2 fully saturated rings. The van der Waals surface area contributed by atoms with Gasteiger partial charge in [0.1, 0.15) is 0 Å². The van der Waals surface area contributed by atoms with E-state index in [1.54, 1.807) is 18.5 Å². The van der Waals surface area contributed by atoms with E-state index >= 15 is 0 Å². The number of hydrogen-bond acceptors (Lipinski definition) is 5. The van der Waals surface area contributed by atoms with E-state index in [0.29, 0.717) is 22.1 Å². The molecule has 7 nitrogen and oxygen atoms in total. The first-order valence-corrected chi connectivity index (χ1v) is 13.2. The number of nitrogens with one attached hydrogen (secondary N) is 1. The zero-order valence-corrected chi connectivity index (χ0v) is 22.9. The number of nitrogens with two attached hydrogens (primary N) is 1. The molecule has 4 rings (SSSR count). The van der Waals surface area contributed by atoms with Crippen molar-refractivity contribution in [3.05, 3.63) is 57.0 Å². The van der Waals surface area contributed by atoms with Crippen molar-refractivity contribution in [3.8, 4) is 0 Å². The molecule has 2 aliphatic carbocycles. The van der Waals surface area contributed by atoms with E-state index in [2.05, 4.69) is 47.1 Å². The molecule has 2 saturated carbocycles. The van der Waals surface area contributed by atoms with Crippen molar-refractivity contribution < 1.29 is 20.5 Å². The average molecular weight is 619 g/mol. The van der Waals surface area contributed by atoms with Crippen LogP contribution in [0.3, 0.4) is 0 Å². The molecule has 10 heteroatoms. The summed E-state index contributed by atoms with van der Waals surface area (Å²) in [5, 5.41) is 11.5. The number of amides is 1. The number of aromatic nitrogens is 2. The Labute approximate surface area is 225 Å². The zero-order chi connectivity index (χ0) is 26.8. The fourth-order valence-corrected chi connectivity index (χ4v) is 4.44. The smallest absolute Gasteiger partial charge is 0.337 e. The summed E-state index contributed by atoms with van der Waals surface area (Å²) in [6.45, 7) is 0. The minimum absolute atomic E-state index is 0.0132. The highest BCUT2D eigenvalue weighted by Gasteiger charge is 2.16. The lowest BCUT2D eigenvalue weighted by atomic mass is 9.95. The number of halogens is 3. The normalized spacial score (nSPS) is 16.1. The van der Waals surface area contributed by atoms with Gasteiger partial charge in [0.2, 0.25) is 0 Å². The summed E-state index contributed by atoms with van der Waals surface area (Å²) >= 11 is 6.42. The first-order valence-electron chi connectivity index (χ1n) is 12.3. The fraction of sp³-hybridized carbons (Fsp3) is 0.520. The molecule has 0 aromatic carbocycles. The Balaban J connectivity index is 0.000000277. The van der Waals surface area contributed by atoms with Gasteiger partial charge in [-0.25, -0.2) is 4.79 Å². The summed E-state index contributed by atoms with van der Waals surface area (Å²) in [6, 6.07) is 4.18. The molecular formula is C25H35Br2FN4O3. The van der Waals surface area contributed by atoms with Gasteiger partial charge in [0.05, 0.1) is 19.7 Å². The lowest BCUT2D eigenvalue weighted by Gasteiger charge is -2.22. The number of nitrogens with zero attached hydrogens (tertiary/aromatic N) is 2. The third-order valence-electron chi connectivity index (χ3n) is 5.51. The Morgan fingerprint density at radius 2 is 1.40 bits per heavy atom. The molecule has 194 valence electrons. The Bertz CT molecular complexity index is 914. The predicted molar refractivity (Wildman–Crippen MR) is 143 cm³/mol. The molecule has 35 heavy (non-hydrogen) atoms. The number of carboxylic acids is 1. The molecule has 0 spiro atoms. The number of rotatable bonds is 3. The van der Waals surface area contributed by atoms with Crippen molar-refractivity contribution in [1.82, 2.24) is 15.3 Å². The third-order valence-corrected chi connectivity index (χ3v) is 6.38. The van der Waals surface area contributed by atoms with Crippen molar-refractivity contribution in [2.75, 3.05) is 7.15 Å². The maximum absolute atomic E-state index is 11.9. The Kier molecular flexibility index (Phi) is 15.4. The van der Waals surface area contributed by atoms with Crippen LogP contribution in [0, 0.1) is 0 Å². The molecule has 0 unspecified atom stereocenters. The van der Waals surface area contributed by atoms with Crippen molar-refractivity contribution >= 4 is 43.7 Å². The van der Waals surface area contributed by atoms with Crippen molar-refractivity contribution in [3.63, 3.8) is 0 Å². The van der Waals surface area contributed by atoms with Gasteiger partial charge in [0.15, 0.2) is 0 Å². The zero-order valence-electron chi connectivity index (χ0n) is 20.8. The van der Waals surface area contributed by atoms with E-state index in [1.165, 1.54) is 69.8 Å². The molecule has 0 aliphatic heterocycles. The standard InChI is InChI=1S/C12H15BrN2O.C6H4BrNO2.C6H13N.CH3F/c13-10-6-9(7-14-8-10)12(16)15-11-4-2-1-3-5-11;7-5-1-4(6(9)10)2-8-3-5;7-6-4-2-1-3-5-6;1-2/h6-8,11H,1-5H2,(H,15,16);1-3H,(H,9,10);6H,1-5,7H2;1H3/i;;;1D. The van der Waals surface area contributed by atoms with Crippen LogP contribution in [0.1, 0.15) is 86.3 Å². The molecule has 0 radical (unpaired) electrons. The minimum atomic E-state index is -1.00. The van der Waals surface area contributed by atoms with Crippen LogP contribution < -0.4 is 11.1 Å². The van der Waals surface area contributed by atoms with Gasteiger partial charge in [-0.05, 0) is 69.7 Å². The topological polar surface area (TPSA) is 118 Å². The third kappa shape index (κ3) is 13.7. The van der Waals surface area contributed by atoms with E-state index in [-0.39, 0.29) is 11.5 Å². The van der Waals surface area contributed by atoms with Gasteiger partial charge >= 0.3 is 5.97 Å². The lowest BCUT2D eigenvalue weighted by Crippen LogP contribution is -2.36. The van der Waals surface area contributed by atoms with Crippen LogP contribution in [0.15, 0.2) is 45.9 Å². The van der Waals surface area contributed by atoms with E-state index < -0.39 is 13.1 Å². The highest BCUT2D eigenvalue weighted by molar-refractivity contribution is 9.10. The maximum atomic E-state index is 11.9. The monoisotopic (exact) mass is 617 g/mol. The number of pyridine rings is 2. The molecule has 4 N–H and O–H groups in total. The van der Waals surface area contributed by atoms with Gasteiger partial charge in [0.25, 0.3) is 5.91 Å². The van der Waals surface area contributed by atoms with Gasteiger partial charge in [-0.2, -0.15) is 0 Å². The van der Waals surface area contributed by atoms with Gasteiger partial charge in [-0.1, -0.05) is 38.5 Å². The number of aromatic carboxylic acids is 1. The maximum Gasteiger partial charge on any atom is 0.337 e. The largest absolute Gasteiger partial charge is 0.478 e. The molecule has 0 atom stereocenters. The second-order valence-corrected chi connectivity index (χ2v) is 10.1. The Morgan fingerprint density at radius 1 is 0.943 bits per heavy atom. The molecular weight excluding hydrogens is 583 g/mol. The quantitative estimate of drug-likeness (QED) is 0.371. The van der Waals surface area contributed by atoms with Crippen molar-refractivity contribution in [2.24, 2.45) is 5.73 Å². The van der Waals surface area contributed by atoms with E-state index in [1.807, 2.05) is 0 Å². The van der Waals surface area contributed by atoms with Crippen LogP contribution >= 0.6 is 31.9 Å². The van der Waals surface area contributed by atoms with E-state index in [0.717, 1.165) is 17.3 Å². The highest BCUT2D eigenvalue weighted by atomic mass is 79.9. The first-order chi connectivity index (χ1) is 17.3. The lowest BCUT2D eigenvalue weighted by molar-refractivity contribution is 0.0696. The summed E-state index contributed by atoms with van der Waals surface area (Å²) in [5.41, 5.74) is 6.45. The van der Waals surface area contributed by atoms with Gasteiger partial charge in [0, 0.05) is 45.8 Å². The second-order valence-electron chi connectivity index (χ2n) is 8.30. The van der Waals surface area contributed by atoms with Crippen LogP contribution in [-0.2, 0) is 0 Å². The highest BCUT2D eigenvalue weighted by Crippen LogP contribution is 2.18. The minimum Gasteiger partial charge on any atom is -0.478 e. The summed E-state index contributed by atoms with van der Waals surface area (Å²) in [4.78, 5) is 29.9. The van der Waals surface area contributed by atoms with E-state index in [4.69, 9.17) is 12.2 Å². The first kappa shape index (κ1) is 29.3. The molecule has 2 heterocycles. The number of carbonyl (C=O) groups is 2. The Morgan fingerprint density at radius 3 is 1.80 bits per heavy atom. The molecule has 2 aromatic heterocycles. The van der Waals surface area contributed by atoms with Crippen LogP contribution in [0.5, 0.6) is 0 Å². The summed E-state index contributed by atoms with van der Waals surface area (Å²) in [6.07, 6.45) is 18.7. The van der Waals surface area contributed by atoms with Gasteiger partial charge in [-0.15, -0.1) is 0 Å². The van der Waals surface area contributed by atoms with Crippen LogP contribution in [0.25, 0.3) is 0 Å². The molecule has 0 bridgehead atoms. The second kappa shape index (κ2) is 18.4. The number of carbonyl (C=O) groups excluding carboxylic acids is 1. The molecule has 0 saturated heterocycles. The SMILES string of the molecule is NC1CCCCC1.O=C(NC1CCCCC1)c1cncc(Br)c1.O=C(O)c1cncc(Br)c1.[2H]CF. The molecule has 2 aliphatic rings. The Hall–Kier alpha value is -1.91. The van der Waals surface area contributed by atoms with Crippen molar-refractivity contribution in [2.45, 2.75) is 76.3 Å². The fourth-order valence-electron chi connectivity index (χ4n) is 3.71. The van der Waals surface area contributed by atoms with Crippen LogP contribution in [0.4, 0.5) is 4.39 Å². The number of hydrogen-bond donors (Lipinski definition) is 3. The molecule has 1 amide bonds. The average Bonchev–Trinajstić information content (AvgIpc) is 2.86.